The standard InChI is InChI=1S/C14H22N2O/c1-14(2,15)8-10-16-9-5-11-17-13-7-4-3-6-12(13)16/h3-4,6-7H,5,8-11,15H2,1-2H3. The highest BCUT2D eigenvalue weighted by atomic mass is 16.5. The van der Waals surface area contributed by atoms with Gasteiger partial charge in [-0.05, 0) is 38.8 Å². The van der Waals surface area contributed by atoms with E-state index in [1.54, 1.807) is 0 Å². The van der Waals surface area contributed by atoms with Gasteiger partial charge >= 0.3 is 0 Å². The second kappa shape index (κ2) is 4.96. The van der Waals surface area contributed by atoms with Gasteiger partial charge in [0.1, 0.15) is 5.75 Å². The normalized spacial score (nSPS) is 16.1. The number of anilines is 1. The van der Waals surface area contributed by atoms with Crippen LogP contribution in [0.15, 0.2) is 24.3 Å². The Morgan fingerprint density at radius 2 is 2.12 bits per heavy atom. The predicted molar refractivity (Wildman–Crippen MR) is 71.7 cm³/mol. The monoisotopic (exact) mass is 234 g/mol. The molecule has 0 aromatic heterocycles. The average molecular weight is 234 g/mol. The molecule has 0 saturated heterocycles. The first-order valence-electron chi connectivity index (χ1n) is 6.32. The summed E-state index contributed by atoms with van der Waals surface area (Å²) in [5.74, 6) is 1.000. The van der Waals surface area contributed by atoms with Crippen LogP contribution in [0.5, 0.6) is 5.75 Å². The number of fused-ring (bicyclic) bond motifs is 1. The van der Waals surface area contributed by atoms with E-state index in [9.17, 15) is 0 Å². The van der Waals surface area contributed by atoms with E-state index < -0.39 is 0 Å². The zero-order valence-corrected chi connectivity index (χ0v) is 10.8. The zero-order chi connectivity index (χ0) is 12.3. The summed E-state index contributed by atoms with van der Waals surface area (Å²) in [7, 11) is 0. The summed E-state index contributed by atoms with van der Waals surface area (Å²) in [5.41, 5.74) is 7.15. The Morgan fingerprint density at radius 1 is 1.35 bits per heavy atom. The quantitative estimate of drug-likeness (QED) is 0.872. The summed E-state index contributed by atoms with van der Waals surface area (Å²) in [6, 6.07) is 8.26. The first-order chi connectivity index (χ1) is 8.06. The molecule has 17 heavy (non-hydrogen) atoms. The third-order valence-electron chi connectivity index (χ3n) is 3.06. The van der Waals surface area contributed by atoms with Gasteiger partial charge in [0.2, 0.25) is 0 Å². The molecule has 0 bridgehead atoms. The van der Waals surface area contributed by atoms with Crippen molar-refractivity contribution >= 4 is 5.69 Å². The third kappa shape index (κ3) is 3.37. The molecule has 3 heteroatoms. The maximum atomic E-state index is 6.05. The molecule has 0 aliphatic carbocycles. The summed E-state index contributed by atoms with van der Waals surface area (Å²) >= 11 is 0. The summed E-state index contributed by atoms with van der Waals surface area (Å²) in [5, 5.41) is 0. The van der Waals surface area contributed by atoms with Gasteiger partial charge in [0.05, 0.1) is 12.3 Å². The topological polar surface area (TPSA) is 38.5 Å². The van der Waals surface area contributed by atoms with Crippen LogP contribution in [-0.2, 0) is 0 Å². The minimum absolute atomic E-state index is 0.109. The Kier molecular flexibility index (Phi) is 3.57. The van der Waals surface area contributed by atoms with Crippen molar-refractivity contribution in [1.82, 2.24) is 0 Å². The van der Waals surface area contributed by atoms with Crippen LogP contribution >= 0.6 is 0 Å². The minimum atomic E-state index is -0.109. The SMILES string of the molecule is CC(C)(N)CCN1CCCOc2ccccc21. The molecule has 1 aliphatic heterocycles. The summed E-state index contributed by atoms with van der Waals surface area (Å²) in [4.78, 5) is 2.39. The summed E-state index contributed by atoms with van der Waals surface area (Å²) < 4.78 is 5.74. The number of nitrogens with zero attached hydrogens (tertiary/aromatic N) is 1. The molecule has 0 saturated carbocycles. The van der Waals surface area contributed by atoms with Crippen LogP contribution in [0.25, 0.3) is 0 Å². The molecule has 1 heterocycles. The Balaban J connectivity index is 2.12. The predicted octanol–water partition coefficient (Wildman–Crippen LogP) is 2.40. The van der Waals surface area contributed by atoms with Crippen LogP contribution in [0, 0.1) is 0 Å². The molecule has 0 radical (unpaired) electrons. The van der Waals surface area contributed by atoms with E-state index in [2.05, 4.69) is 30.9 Å². The van der Waals surface area contributed by atoms with Crippen molar-refractivity contribution in [2.45, 2.75) is 32.2 Å². The number of rotatable bonds is 3. The summed E-state index contributed by atoms with van der Waals surface area (Å²) in [6.45, 7) is 7.00. The minimum Gasteiger partial charge on any atom is -0.491 e. The van der Waals surface area contributed by atoms with Crippen LogP contribution in [0.3, 0.4) is 0 Å². The zero-order valence-electron chi connectivity index (χ0n) is 10.8. The smallest absolute Gasteiger partial charge is 0.142 e. The van der Waals surface area contributed by atoms with Gasteiger partial charge in [-0.2, -0.15) is 0 Å². The molecule has 2 rings (SSSR count). The lowest BCUT2D eigenvalue weighted by molar-refractivity contribution is 0.322. The number of hydrogen-bond acceptors (Lipinski definition) is 3. The van der Waals surface area contributed by atoms with Crippen LogP contribution in [0.1, 0.15) is 26.7 Å². The highest BCUT2D eigenvalue weighted by Crippen LogP contribution is 2.30. The lowest BCUT2D eigenvalue weighted by Gasteiger charge is -2.27. The van der Waals surface area contributed by atoms with Gasteiger partial charge in [0, 0.05) is 18.6 Å². The molecule has 2 N–H and O–H groups in total. The first-order valence-corrected chi connectivity index (χ1v) is 6.32. The van der Waals surface area contributed by atoms with Gasteiger partial charge in [0.15, 0.2) is 0 Å². The van der Waals surface area contributed by atoms with Crippen molar-refractivity contribution in [3.8, 4) is 5.75 Å². The maximum Gasteiger partial charge on any atom is 0.142 e. The lowest BCUT2D eigenvalue weighted by Crippen LogP contribution is -2.37. The average Bonchev–Trinajstić information content (AvgIpc) is 2.47. The molecule has 3 nitrogen and oxygen atoms in total. The first kappa shape index (κ1) is 12.2. The van der Waals surface area contributed by atoms with Crippen molar-refractivity contribution < 1.29 is 4.74 Å². The van der Waals surface area contributed by atoms with Gasteiger partial charge in [-0.25, -0.2) is 0 Å². The van der Waals surface area contributed by atoms with E-state index in [0.29, 0.717) is 0 Å². The molecule has 0 fully saturated rings. The molecule has 1 aromatic carbocycles. The third-order valence-corrected chi connectivity index (χ3v) is 3.06. The Hall–Kier alpha value is -1.22. The van der Waals surface area contributed by atoms with Gasteiger partial charge in [-0.1, -0.05) is 12.1 Å². The van der Waals surface area contributed by atoms with E-state index in [4.69, 9.17) is 10.5 Å². The van der Waals surface area contributed by atoms with Crippen molar-refractivity contribution in [2.75, 3.05) is 24.6 Å². The van der Waals surface area contributed by atoms with Crippen LogP contribution in [-0.4, -0.2) is 25.2 Å². The second-order valence-electron chi connectivity index (χ2n) is 5.40. The lowest BCUT2D eigenvalue weighted by atomic mass is 10.0. The molecular weight excluding hydrogens is 212 g/mol. The van der Waals surface area contributed by atoms with Gasteiger partial charge in [0.25, 0.3) is 0 Å². The molecule has 0 spiro atoms. The fourth-order valence-corrected chi connectivity index (χ4v) is 2.05. The summed E-state index contributed by atoms with van der Waals surface area (Å²) in [6.07, 6.45) is 2.06. The van der Waals surface area contributed by atoms with Crippen molar-refractivity contribution in [3.63, 3.8) is 0 Å². The van der Waals surface area contributed by atoms with E-state index >= 15 is 0 Å². The van der Waals surface area contributed by atoms with E-state index in [1.165, 1.54) is 5.69 Å². The fraction of sp³-hybridized carbons (Fsp3) is 0.571. The van der Waals surface area contributed by atoms with Gasteiger partial charge < -0.3 is 15.4 Å². The van der Waals surface area contributed by atoms with Crippen molar-refractivity contribution in [2.24, 2.45) is 5.73 Å². The van der Waals surface area contributed by atoms with Gasteiger partial charge in [-0.15, -0.1) is 0 Å². The highest BCUT2D eigenvalue weighted by molar-refractivity contribution is 5.58. The maximum absolute atomic E-state index is 6.05. The number of nitrogens with two attached hydrogens (primary N) is 1. The molecule has 1 aromatic rings. The van der Waals surface area contributed by atoms with Crippen molar-refractivity contribution in [1.29, 1.82) is 0 Å². The number of ether oxygens (including phenoxy) is 1. The van der Waals surface area contributed by atoms with Crippen molar-refractivity contribution in [3.05, 3.63) is 24.3 Å². The Bertz CT molecular complexity index is 371. The fourth-order valence-electron chi connectivity index (χ4n) is 2.05. The van der Waals surface area contributed by atoms with E-state index in [1.807, 2.05) is 12.1 Å². The number of para-hydroxylation sites is 2. The molecule has 0 amide bonds. The van der Waals surface area contributed by atoms with Crippen LogP contribution < -0.4 is 15.4 Å². The van der Waals surface area contributed by atoms with Gasteiger partial charge in [-0.3, -0.25) is 0 Å². The molecule has 1 aliphatic rings. The largest absolute Gasteiger partial charge is 0.491 e. The highest BCUT2D eigenvalue weighted by Gasteiger charge is 2.18. The number of benzene rings is 1. The van der Waals surface area contributed by atoms with E-state index in [0.717, 1.165) is 38.3 Å². The van der Waals surface area contributed by atoms with E-state index in [-0.39, 0.29) is 5.54 Å². The molecule has 0 atom stereocenters. The Labute approximate surface area is 104 Å². The Morgan fingerprint density at radius 3 is 2.88 bits per heavy atom. The van der Waals surface area contributed by atoms with Crippen LogP contribution in [0.4, 0.5) is 5.69 Å². The molecule has 0 unspecified atom stereocenters. The second-order valence-corrected chi connectivity index (χ2v) is 5.40. The molecule has 94 valence electrons. The number of hydrogen-bond donors (Lipinski definition) is 1. The van der Waals surface area contributed by atoms with Crippen LogP contribution in [0.2, 0.25) is 0 Å². The molecular formula is C14H22N2O.